The first-order valence-electron chi connectivity index (χ1n) is 11.0. The van der Waals surface area contributed by atoms with Crippen molar-refractivity contribution >= 4 is 11.8 Å². The summed E-state index contributed by atoms with van der Waals surface area (Å²) in [7, 11) is 1.94. The topological polar surface area (TPSA) is 58.4 Å². The molecule has 6 heteroatoms. The quantitative estimate of drug-likeness (QED) is 0.443. The lowest BCUT2D eigenvalue weighted by molar-refractivity contribution is -0.142. The first-order valence-corrected chi connectivity index (χ1v) is 11.0. The van der Waals surface area contributed by atoms with Crippen LogP contribution < -0.4 is 0 Å². The average molecular weight is 427 g/mol. The number of nitrogens with zero attached hydrogens (tertiary/aromatic N) is 4. The largest absolute Gasteiger partial charge is 0.284 e. The molecule has 2 heterocycles. The summed E-state index contributed by atoms with van der Waals surface area (Å²) in [6.45, 7) is 0.858. The maximum Gasteiger partial charge on any atom is 0.234 e. The molecule has 1 fully saturated rings. The van der Waals surface area contributed by atoms with Crippen molar-refractivity contribution < 1.29 is 9.59 Å². The Morgan fingerprint density at radius 2 is 1.50 bits per heavy atom. The highest BCUT2D eigenvalue weighted by Gasteiger charge is 2.47. The molecule has 2 aromatic carbocycles. The number of aromatic nitrogens is 2. The first-order chi connectivity index (χ1) is 15.6. The highest BCUT2D eigenvalue weighted by Crippen LogP contribution is 2.35. The van der Waals surface area contributed by atoms with Crippen molar-refractivity contribution in [3.63, 3.8) is 0 Å². The molecule has 2 amide bonds. The third-order valence-electron chi connectivity index (χ3n) is 6.28. The minimum Gasteiger partial charge on any atom is -0.284 e. The van der Waals surface area contributed by atoms with Crippen LogP contribution >= 0.6 is 0 Å². The van der Waals surface area contributed by atoms with Crippen LogP contribution in [0.1, 0.15) is 18.4 Å². The van der Waals surface area contributed by atoms with Gasteiger partial charge in [0, 0.05) is 23.9 Å². The van der Waals surface area contributed by atoms with Gasteiger partial charge < -0.3 is 0 Å². The standard InChI is InChI=1S/C26H26N4O2/c1-28(18-29-25(31)22-14-8-9-15-23(22)26(29)32)16-20-17-30(21-12-6-3-7-13-21)27-24(20)19-10-4-2-5-11-19/h2-13,17,22-23H,14-16,18H2,1H3/t22-,23+. The molecule has 5 rings (SSSR count). The summed E-state index contributed by atoms with van der Waals surface area (Å²) < 4.78 is 1.89. The van der Waals surface area contributed by atoms with Crippen LogP contribution in [0.5, 0.6) is 0 Å². The Bertz CT molecular complexity index is 1130. The smallest absolute Gasteiger partial charge is 0.234 e. The van der Waals surface area contributed by atoms with E-state index in [-0.39, 0.29) is 30.3 Å². The molecule has 1 aromatic heterocycles. The maximum atomic E-state index is 12.8. The Morgan fingerprint density at radius 3 is 2.12 bits per heavy atom. The van der Waals surface area contributed by atoms with E-state index in [0.29, 0.717) is 19.4 Å². The van der Waals surface area contributed by atoms with Crippen LogP contribution in [-0.4, -0.2) is 45.1 Å². The van der Waals surface area contributed by atoms with Crippen LogP contribution in [0.2, 0.25) is 0 Å². The molecule has 0 radical (unpaired) electrons. The fraction of sp³-hybridized carbons (Fsp3) is 0.269. The van der Waals surface area contributed by atoms with Gasteiger partial charge in [-0.2, -0.15) is 5.10 Å². The molecule has 6 nitrogen and oxygen atoms in total. The monoisotopic (exact) mass is 426 g/mol. The van der Waals surface area contributed by atoms with Crippen LogP contribution in [0.15, 0.2) is 79.0 Å². The Morgan fingerprint density at radius 1 is 0.906 bits per heavy atom. The number of benzene rings is 2. The van der Waals surface area contributed by atoms with Crippen LogP contribution in [0.4, 0.5) is 0 Å². The van der Waals surface area contributed by atoms with Gasteiger partial charge in [-0.15, -0.1) is 0 Å². The van der Waals surface area contributed by atoms with Gasteiger partial charge in [-0.05, 0) is 32.0 Å². The highest BCUT2D eigenvalue weighted by atomic mass is 16.2. The Kier molecular flexibility index (Phi) is 5.45. The predicted molar refractivity (Wildman–Crippen MR) is 123 cm³/mol. The molecule has 1 saturated heterocycles. The first kappa shape index (κ1) is 20.4. The van der Waals surface area contributed by atoms with Crippen LogP contribution in [0.3, 0.4) is 0 Å². The zero-order chi connectivity index (χ0) is 22.1. The summed E-state index contributed by atoms with van der Waals surface area (Å²) in [6.07, 6.45) is 7.40. The number of fused-ring (bicyclic) bond motifs is 1. The van der Waals surface area contributed by atoms with E-state index in [4.69, 9.17) is 5.10 Å². The third-order valence-corrected chi connectivity index (χ3v) is 6.28. The molecule has 32 heavy (non-hydrogen) atoms. The molecule has 0 spiro atoms. The normalized spacial score (nSPS) is 20.2. The summed E-state index contributed by atoms with van der Waals surface area (Å²) in [4.78, 5) is 29.1. The molecule has 2 atom stereocenters. The lowest BCUT2D eigenvalue weighted by Gasteiger charge is -2.23. The Balaban J connectivity index is 1.39. The van der Waals surface area contributed by atoms with Crippen LogP contribution in [-0.2, 0) is 16.1 Å². The highest BCUT2D eigenvalue weighted by molar-refractivity contribution is 6.05. The van der Waals surface area contributed by atoms with Crippen LogP contribution in [0, 0.1) is 11.8 Å². The van der Waals surface area contributed by atoms with Gasteiger partial charge in [-0.25, -0.2) is 4.68 Å². The van der Waals surface area contributed by atoms with E-state index in [1.54, 1.807) is 0 Å². The molecule has 0 saturated carbocycles. The number of para-hydroxylation sites is 1. The minimum absolute atomic E-state index is 0.0422. The summed E-state index contributed by atoms with van der Waals surface area (Å²) in [5.74, 6) is -0.470. The van der Waals surface area contributed by atoms with Crippen molar-refractivity contribution in [2.24, 2.45) is 11.8 Å². The van der Waals surface area contributed by atoms with E-state index in [1.165, 1.54) is 4.90 Å². The average Bonchev–Trinajstić information content (AvgIpc) is 3.35. The molecule has 2 aliphatic rings. The zero-order valence-corrected chi connectivity index (χ0v) is 18.1. The van der Waals surface area contributed by atoms with Gasteiger partial charge in [-0.3, -0.25) is 19.4 Å². The second-order valence-electron chi connectivity index (χ2n) is 8.56. The Labute approximate surface area is 187 Å². The van der Waals surface area contributed by atoms with E-state index in [2.05, 4.69) is 0 Å². The molecular formula is C26H26N4O2. The second kappa shape index (κ2) is 8.55. The van der Waals surface area contributed by atoms with Crippen molar-refractivity contribution in [3.05, 3.63) is 84.6 Å². The number of imide groups is 1. The lowest BCUT2D eigenvalue weighted by atomic mass is 9.85. The number of rotatable bonds is 6. The number of likely N-dealkylation sites (tertiary alicyclic amines) is 1. The molecular weight excluding hydrogens is 400 g/mol. The van der Waals surface area contributed by atoms with E-state index in [0.717, 1.165) is 22.5 Å². The van der Waals surface area contributed by atoms with Crippen molar-refractivity contribution in [1.29, 1.82) is 0 Å². The number of amides is 2. The summed E-state index contributed by atoms with van der Waals surface area (Å²) in [5.41, 5.74) is 3.97. The fourth-order valence-electron chi connectivity index (χ4n) is 4.67. The van der Waals surface area contributed by atoms with Crippen molar-refractivity contribution in [3.8, 4) is 16.9 Å². The molecule has 162 valence electrons. The number of carbonyl (C=O) groups is 2. The van der Waals surface area contributed by atoms with Crippen LogP contribution in [0.25, 0.3) is 16.9 Å². The molecule has 1 aliphatic heterocycles. The minimum atomic E-state index is -0.193. The van der Waals surface area contributed by atoms with Crippen molar-refractivity contribution in [2.75, 3.05) is 13.7 Å². The van der Waals surface area contributed by atoms with Gasteiger partial charge in [0.2, 0.25) is 11.8 Å². The number of carbonyl (C=O) groups excluding carboxylic acids is 2. The summed E-state index contributed by atoms with van der Waals surface area (Å²) in [6, 6.07) is 20.1. The van der Waals surface area contributed by atoms with Crippen molar-refractivity contribution in [2.45, 2.75) is 19.4 Å². The van der Waals surface area contributed by atoms with Gasteiger partial charge in [0.05, 0.1) is 29.9 Å². The maximum absolute atomic E-state index is 12.8. The SMILES string of the molecule is CN(Cc1cn(-c2ccccc2)nc1-c1ccccc1)CN1C(=O)[C@H]2CC=CC[C@H]2C1=O. The Hall–Kier alpha value is -3.51. The third kappa shape index (κ3) is 3.78. The van der Waals surface area contributed by atoms with E-state index in [9.17, 15) is 9.59 Å². The van der Waals surface area contributed by atoms with E-state index in [1.807, 2.05) is 95.6 Å². The van der Waals surface area contributed by atoms with Gasteiger partial charge in [0.15, 0.2) is 0 Å². The van der Waals surface area contributed by atoms with Gasteiger partial charge in [0.1, 0.15) is 0 Å². The molecule has 0 bridgehead atoms. The molecule has 3 aromatic rings. The molecule has 1 aliphatic carbocycles. The molecule has 0 N–H and O–H groups in total. The number of hydrogen-bond acceptors (Lipinski definition) is 4. The summed E-state index contributed by atoms with van der Waals surface area (Å²) >= 11 is 0. The zero-order valence-electron chi connectivity index (χ0n) is 18.1. The second-order valence-corrected chi connectivity index (χ2v) is 8.56. The van der Waals surface area contributed by atoms with Gasteiger partial charge in [0.25, 0.3) is 0 Å². The number of hydrogen-bond donors (Lipinski definition) is 0. The number of allylic oxidation sites excluding steroid dienone is 2. The summed E-state index contributed by atoms with van der Waals surface area (Å²) in [5, 5.41) is 4.86. The lowest BCUT2D eigenvalue weighted by Crippen LogP contribution is -2.40. The van der Waals surface area contributed by atoms with Gasteiger partial charge >= 0.3 is 0 Å². The van der Waals surface area contributed by atoms with E-state index >= 15 is 0 Å². The fourth-order valence-corrected chi connectivity index (χ4v) is 4.67. The van der Waals surface area contributed by atoms with Gasteiger partial charge in [-0.1, -0.05) is 60.7 Å². The van der Waals surface area contributed by atoms with E-state index < -0.39 is 0 Å². The predicted octanol–water partition coefficient (Wildman–Crippen LogP) is 3.88. The molecule has 0 unspecified atom stereocenters. The van der Waals surface area contributed by atoms with Crippen molar-refractivity contribution in [1.82, 2.24) is 19.6 Å².